The first-order valence-electron chi connectivity index (χ1n) is 11.5. The minimum absolute atomic E-state index is 0.306. The van der Waals surface area contributed by atoms with E-state index in [1.165, 1.54) is 16.5 Å². The Kier molecular flexibility index (Phi) is 6.36. The van der Waals surface area contributed by atoms with Crippen molar-refractivity contribution in [2.45, 2.75) is 30.8 Å². The van der Waals surface area contributed by atoms with Gasteiger partial charge in [0.1, 0.15) is 23.7 Å². The highest BCUT2D eigenvalue weighted by atomic mass is 32.2. The summed E-state index contributed by atoms with van der Waals surface area (Å²) in [5.41, 5.74) is 2.63. The Balaban J connectivity index is 1.42. The van der Waals surface area contributed by atoms with E-state index in [9.17, 15) is 5.11 Å². The fourth-order valence-electron chi connectivity index (χ4n) is 4.31. The van der Waals surface area contributed by atoms with Gasteiger partial charge in [0.15, 0.2) is 0 Å². The number of rotatable bonds is 6. The maximum atomic E-state index is 11.1. The van der Waals surface area contributed by atoms with E-state index < -0.39 is 5.60 Å². The van der Waals surface area contributed by atoms with Crippen LogP contribution in [0.4, 0.5) is 0 Å². The SMILES string of the molecule is Cc1ccc(C)c(SC2=C(O)CC(COc3ccc4ccccc4c3)(c3ccccc3)OC2)c1. The standard InChI is InChI=1S/C30H28O3S/c1-21-12-13-22(2)28(16-21)34-29-19-33-30(18-27(29)31,25-10-4-3-5-11-25)20-32-26-15-14-23-8-6-7-9-24(23)17-26/h3-17,31H,18-20H2,1-2H3. The third-order valence-electron chi connectivity index (χ3n) is 6.32. The van der Waals surface area contributed by atoms with E-state index >= 15 is 0 Å². The molecule has 1 atom stereocenters. The summed E-state index contributed by atoms with van der Waals surface area (Å²) in [6, 6.07) is 30.8. The molecule has 1 aliphatic rings. The molecule has 0 amide bonds. The molecule has 1 aliphatic heterocycles. The van der Waals surface area contributed by atoms with Crippen molar-refractivity contribution < 1.29 is 14.6 Å². The number of hydrogen-bond acceptors (Lipinski definition) is 4. The van der Waals surface area contributed by atoms with Gasteiger partial charge in [-0.05, 0) is 59.5 Å². The van der Waals surface area contributed by atoms with Gasteiger partial charge in [0, 0.05) is 11.3 Å². The van der Waals surface area contributed by atoms with Crippen molar-refractivity contribution in [3.05, 3.63) is 118 Å². The van der Waals surface area contributed by atoms with E-state index in [1.54, 1.807) is 11.8 Å². The number of aliphatic hydroxyl groups is 1. The summed E-state index contributed by atoms with van der Waals surface area (Å²) >= 11 is 1.59. The fraction of sp³-hybridized carbons (Fsp3) is 0.200. The lowest BCUT2D eigenvalue weighted by molar-refractivity contribution is -0.0834. The summed E-state index contributed by atoms with van der Waals surface area (Å²) in [5.74, 6) is 1.15. The van der Waals surface area contributed by atoms with Gasteiger partial charge in [0.25, 0.3) is 0 Å². The number of fused-ring (bicyclic) bond motifs is 1. The first-order valence-corrected chi connectivity index (χ1v) is 12.3. The zero-order chi connectivity index (χ0) is 23.5. The highest BCUT2D eigenvalue weighted by molar-refractivity contribution is 8.03. The van der Waals surface area contributed by atoms with Gasteiger partial charge >= 0.3 is 0 Å². The summed E-state index contributed by atoms with van der Waals surface area (Å²) in [5, 5.41) is 13.5. The summed E-state index contributed by atoms with van der Waals surface area (Å²) in [6.07, 6.45) is 0.359. The van der Waals surface area contributed by atoms with Crippen LogP contribution in [0.5, 0.6) is 5.75 Å². The molecule has 0 spiro atoms. The highest BCUT2D eigenvalue weighted by Gasteiger charge is 2.40. The molecule has 5 rings (SSSR count). The predicted molar refractivity (Wildman–Crippen MR) is 140 cm³/mol. The number of benzene rings is 4. The van der Waals surface area contributed by atoms with Crippen LogP contribution in [0, 0.1) is 13.8 Å². The van der Waals surface area contributed by atoms with Crippen LogP contribution in [0.15, 0.2) is 107 Å². The lowest BCUT2D eigenvalue weighted by Crippen LogP contribution is -2.40. The summed E-state index contributed by atoms with van der Waals surface area (Å²) in [7, 11) is 0. The van der Waals surface area contributed by atoms with Crippen molar-refractivity contribution in [3.8, 4) is 5.75 Å². The molecular weight excluding hydrogens is 440 g/mol. The van der Waals surface area contributed by atoms with Gasteiger partial charge in [-0.15, -0.1) is 0 Å². The predicted octanol–water partition coefficient (Wildman–Crippen LogP) is 7.71. The molecule has 0 saturated heterocycles. The second kappa shape index (κ2) is 9.57. The summed E-state index contributed by atoms with van der Waals surface area (Å²) < 4.78 is 12.8. The molecule has 0 bridgehead atoms. The van der Waals surface area contributed by atoms with Crippen molar-refractivity contribution in [2.24, 2.45) is 0 Å². The number of thioether (sulfide) groups is 1. The largest absolute Gasteiger partial charge is 0.511 e. The van der Waals surface area contributed by atoms with Crippen LogP contribution in [0.25, 0.3) is 10.8 Å². The van der Waals surface area contributed by atoms with Crippen molar-refractivity contribution in [1.82, 2.24) is 0 Å². The van der Waals surface area contributed by atoms with Crippen LogP contribution in [-0.4, -0.2) is 18.3 Å². The summed E-state index contributed by atoms with van der Waals surface area (Å²) in [6.45, 7) is 4.81. The molecule has 1 N–H and O–H groups in total. The van der Waals surface area contributed by atoms with E-state index in [0.29, 0.717) is 25.4 Å². The minimum atomic E-state index is -0.761. The molecule has 4 aromatic carbocycles. The molecule has 0 saturated carbocycles. The molecule has 172 valence electrons. The Labute approximate surface area is 205 Å². The second-order valence-electron chi connectivity index (χ2n) is 8.86. The Bertz CT molecular complexity index is 1350. The number of ether oxygens (including phenoxy) is 2. The van der Waals surface area contributed by atoms with Crippen LogP contribution in [0.1, 0.15) is 23.1 Å². The highest BCUT2D eigenvalue weighted by Crippen LogP contribution is 2.43. The zero-order valence-corrected chi connectivity index (χ0v) is 20.3. The molecular formula is C30H28O3S. The molecule has 1 unspecified atom stereocenters. The van der Waals surface area contributed by atoms with Gasteiger partial charge < -0.3 is 14.6 Å². The first kappa shape index (κ1) is 22.6. The third kappa shape index (κ3) is 4.70. The molecule has 0 radical (unpaired) electrons. The van der Waals surface area contributed by atoms with E-state index in [-0.39, 0.29) is 0 Å². The second-order valence-corrected chi connectivity index (χ2v) is 10.0. The number of aryl methyl sites for hydroxylation is 2. The molecule has 1 heterocycles. The monoisotopic (exact) mass is 468 g/mol. The molecule has 0 fully saturated rings. The number of hydrogen-bond donors (Lipinski definition) is 1. The van der Waals surface area contributed by atoms with Crippen LogP contribution in [-0.2, 0) is 10.3 Å². The van der Waals surface area contributed by atoms with Crippen molar-refractivity contribution in [2.75, 3.05) is 13.2 Å². The summed E-state index contributed by atoms with van der Waals surface area (Å²) in [4.78, 5) is 2.00. The van der Waals surface area contributed by atoms with Gasteiger partial charge in [-0.25, -0.2) is 0 Å². The van der Waals surface area contributed by atoms with Crippen LogP contribution in [0.2, 0.25) is 0 Å². The maximum Gasteiger partial charge on any atom is 0.134 e. The minimum Gasteiger partial charge on any atom is -0.511 e. The topological polar surface area (TPSA) is 38.7 Å². The first-order chi connectivity index (χ1) is 16.5. The van der Waals surface area contributed by atoms with Gasteiger partial charge in [-0.3, -0.25) is 0 Å². The molecule has 34 heavy (non-hydrogen) atoms. The maximum absolute atomic E-state index is 11.1. The zero-order valence-electron chi connectivity index (χ0n) is 19.5. The smallest absolute Gasteiger partial charge is 0.134 e. The Hall–Kier alpha value is -3.21. The Morgan fingerprint density at radius 1 is 0.882 bits per heavy atom. The van der Waals surface area contributed by atoms with E-state index in [1.807, 2.05) is 54.6 Å². The van der Waals surface area contributed by atoms with Crippen molar-refractivity contribution in [1.29, 1.82) is 0 Å². The molecule has 3 nitrogen and oxygen atoms in total. The van der Waals surface area contributed by atoms with Crippen LogP contribution >= 0.6 is 11.8 Å². The van der Waals surface area contributed by atoms with E-state index in [4.69, 9.17) is 9.47 Å². The normalized spacial score (nSPS) is 18.3. The van der Waals surface area contributed by atoms with Crippen molar-refractivity contribution >= 4 is 22.5 Å². The average molecular weight is 469 g/mol. The van der Waals surface area contributed by atoms with Gasteiger partial charge in [0.2, 0.25) is 0 Å². The molecule has 0 aromatic heterocycles. The number of aliphatic hydroxyl groups excluding tert-OH is 1. The van der Waals surface area contributed by atoms with E-state index in [0.717, 1.165) is 26.5 Å². The molecule has 4 heteroatoms. The molecule has 0 aliphatic carbocycles. The Morgan fingerprint density at radius 2 is 1.65 bits per heavy atom. The third-order valence-corrected chi connectivity index (χ3v) is 7.58. The lowest BCUT2D eigenvalue weighted by Gasteiger charge is -2.38. The Morgan fingerprint density at radius 3 is 2.44 bits per heavy atom. The average Bonchev–Trinajstić information content (AvgIpc) is 2.87. The van der Waals surface area contributed by atoms with Gasteiger partial charge in [-0.2, -0.15) is 0 Å². The van der Waals surface area contributed by atoms with Gasteiger partial charge in [-0.1, -0.05) is 84.6 Å². The van der Waals surface area contributed by atoms with Crippen LogP contribution in [0.3, 0.4) is 0 Å². The molecule has 4 aromatic rings. The van der Waals surface area contributed by atoms with Crippen molar-refractivity contribution in [3.63, 3.8) is 0 Å². The van der Waals surface area contributed by atoms with Gasteiger partial charge in [0.05, 0.1) is 11.5 Å². The van der Waals surface area contributed by atoms with E-state index in [2.05, 4.69) is 50.2 Å². The quantitative estimate of drug-likeness (QED) is 0.314. The lowest BCUT2D eigenvalue weighted by atomic mass is 9.88. The van der Waals surface area contributed by atoms with Crippen LogP contribution < -0.4 is 4.74 Å². The fourth-order valence-corrected chi connectivity index (χ4v) is 5.35.